The molecule has 0 fully saturated rings. The Labute approximate surface area is 219 Å². The van der Waals surface area contributed by atoms with Gasteiger partial charge in [-0.15, -0.1) is 11.3 Å². The van der Waals surface area contributed by atoms with E-state index in [-0.39, 0.29) is 30.9 Å². The Kier molecular flexibility index (Phi) is 26.3. The van der Waals surface area contributed by atoms with Crippen molar-refractivity contribution in [1.29, 1.82) is 0 Å². The quantitative estimate of drug-likeness (QED) is 0.195. The maximum atomic E-state index is 12.2. The number of carbonyl (C=O) groups is 2. The molecular weight excluding hydrogens is 458 g/mol. The minimum absolute atomic E-state index is 0.0994. The summed E-state index contributed by atoms with van der Waals surface area (Å²) in [7, 11) is 1.33. The molecule has 202 valence electrons. The maximum Gasteiger partial charge on any atom is 0.307 e. The van der Waals surface area contributed by atoms with Gasteiger partial charge in [-0.2, -0.15) is 0 Å². The number of ether oxygens (including phenoxy) is 2. The number of hydrogen-bond donors (Lipinski definition) is 1. The molecule has 0 bridgehead atoms. The Morgan fingerprint density at radius 3 is 2.06 bits per heavy atom. The fraction of sp³-hybridized carbons (Fsp3) is 0.586. The number of allylic oxidation sites excluding steroid dienone is 5. The van der Waals surface area contributed by atoms with Crippen LogP contribution in [0.5, 0.6) is 0 Å². The third kappa shape index (κ3) is 19.6. The molecule has 6 heteroatoms. The van der Waals surface area contributed by atoms with Crippen LogP contribution < -0.4 is 5.32 Å². The number of nitrogens with one attached hydrogen (secondary N) is 1. The SMILES string of the molecule is CC.CC.CC(C)C.C\C=C/C(C)=C(C)\C=C\OC(CC)c1ccc(C(=O)NCCC(=O)OC)s1. The first-order valence-electron chi connectivity index (χ1n) is 12.7. The summed E-state index contributed by atoms with van der Waals surface area (Å²) >= 11 is 1.40. The summed E-state index contributed by atoms with van der Waals surface area (Å²) in [6.45, 7) is 22.9. The zero-order valence-electron chi connectivity index (χ0n) is 24.3. The Morgan fingerprint density at radius 2 is 1.57 bits per heavy atom. The molecule has 1 rings (SSSR count). The van der Waals surface area contributed by atoms with Crippen molar-refractivity contribution in [3.63, 3.8) is 0 Å². The zero-order valence-corrected chi connectivity index (χ0v) is 25.1. The third-order valence-electron chi connectivity index (χ3n) is 3.98. The van der Waals surface area contributed by atoms with E-state index in [0.29, 0.717) is 4.88 Å². The first kappa shape index (κ1) is 37.2. The van der Waals surface area contributed by atoms with Gasteiger partial charge >= 0.3 is 5.97 Å². The van der Waals surface area contributed by atoms with E-state index in [1.165, 1.54) is 24.0 Å². The number of carbonyl (C=O) groups excluding carboxylic acids is 2. The molecule has 0 saturated heterocycles. The molecule has 0 radical (unpaired) electrons. The topological polar surface area (TPSA) is 64.6 Å². The average Bonchev–Trinajstić information content (AvgIpc) is 3.34. The van der Waals surface area contributed by atoms with Gasteiger partial charge in [0.1, 0.15) is 6.10 Å². The third-order valence-corrected chi connectivity index (χ3v) is 5.16. The van der Waals surface area contributed by atoms with Gasteiger partial charge < -0.3 is 14.8 Å². The molecule has 0 aliphatic rings. The van der Waals surface area contributed by atoms with Crippen LogP contribution in [0.4, 0.5) is 0 Å². The lowest BCUT2D eigenvalue weighted by molar-refractivity contribution is -0.140. The highest BCUT2D eigenvalue weighted by atomic mass is 32.1. The zero-order chi connectivity index (χ0) is 27.8. The molecule has 0 saturated carbocycles. The second-order valence-corrected chi connectivity index (χ2v) is 8.83. The normalized spacial score (nSPS) is 11.8. The maximum absolute atomic E-state index is 12.2. The van der Waals surface area contributed by atoms with Crippen LogP contribution in [0.3, 0.4) is 0 Å². The van der Waals surface area contributed by atoms with E-state index < -0.39 is 0 Å². The average molecular weight is 510 g/mol. The highest BCUT2D eigenvalue weighted by Crippen LogP contribution is 2.29. The number of esters is 1. The summed E-state index contributed by atoms with van der Waals surface area (Å²) < 4.78 is 10.4. The first-order valence-corrected chi connectivity index (χ1v) is 13.5. The van der Waals surface area contributed by atoms with Crippen LogP contribution in [0.25, 0.3) is 0 Å². The van der Waals surface area contributed by atoms with Gasteiger partial charge in [0.15, 0.2) is 0 Å². The second kappa shape index (κ2) is 24.8. The van der Waals surface area contributed by atoms with Gasteiger partial charge in [0, 0.05) is 11.4 Å². The minimum Gasteiger partial charge on any atom is -0.493 e. The van der Waals surface area contributed by atoms with E-state index in [2.05, 4.69) is 43.8 Å². The Balaban J connectivity index is -0.00000113. The molecule has 1 N–H and O–H groups in total. The minimum atomic E-state index is -0.345. The van der Waals surface area contributed by atoms with E-state index in [1.807, 2.05) is 66.7 Å². The number of rotatable bonds is 10. The van der Waals surface area contributed by atoms with Crippen LogP contribution in [-0.4, -0.2) is 25.5 Å². The molecule has 1 aromatic rings. The van der Waals surface area contributed by atoms with Crippen LogP contribution in [0.1, 0.15) is 110 Å². The number of amides is 1. The summed E-state index contributed by atoms with van der Waals surface area (Å²) in [5.74, 6) is 0.295. The first-order chi connectivity index (χ1) is 16.7. The fourth-order valence-electron chi connectivity index (χ4n) is 2.23. The van der Waals surface area contributed by atoms with E-state index >= 15 is 0 Å². The van der Waals surface area contributed by atoms with Crippen LogP contribution >= 0.6 is 11.3 Å². The molecule has 1 heterocycles. The molecule has 0 aliphatic heterocycles. The van der Waals surface area contributed by atoms with Gasteiger partial charge in [0.25, 0.3) is 5.91 Å². The van der Waals surface area contributed by atoms with E-state index in [0.717, 1.165) is 22.8 Å². The highest BCUT2D eigenvalue weighted by molar-refractivity contribution is 7.14. The van der Waals surface area contributed by atoms with Gasteiger partial charge in [0.2, 0.25) is 0 Å². The monoisotopic (exact) mass is 509 g/mol. The summed E-state index contributed by atoms with van der Waals surface area (Å²) in [6.07, 6.45) is 8.58. The standard InChI is InChI=1S/C21H29NO4S.C4H10.2C2H6/c1-6-8-15(3)16(4)12-14-26-17(7-2)18-9-10-19(27-18)21(24)22-13-11-20(23)25-5;1-4(2)3;2*1-2/h6,8-10,12,14,17H,7,11,13H2,1-5H3,(H,22,24);4H,1-3H3;2*1-2H3/b8-6-,14-12+,16-15-;;;. The van der Waals surface area contributed by atoms with Crippen molar-refractivity contribution >= 4 is 23.2 Å². The van der Waals surface area contributed by atoms with Crippen molar-refractivity contribution in [2.45, 2.75) is 95.1 Å². The summed E-state index contributed by atoms with van der Waals surface area (Å²) in [4.78, 5) is 24.8. The van der Waals surface area contributed by atoms with Gasteiger partial charge in [-0.1, -0.05) is 67.5 Å². The van der Waals surface area contributed by atoms with Gasteiger partial charge in [0.05, 0.1) is 24.7 Å². The van der Waals surface area contributed by atoms with E-state index in [9.17, 15) is 9.59 Å². The van der Waals surface area contributed by atoms with Crippen molar-refractivity contribution in [1.82, 2.24) is 5.32 Å². The Hall–Kier alpha value is -2.34. The van der Waals surface area contributed by atoms with Gasteiger partial charge in [-0.25, -0.2) is 0 Å². The molecule has 0 aliphatic carbocycles. The lowest BCUT2D eigenvalue weighted by Crippen LogP contribution is -2.25. The molecule has 5 nitrogen and oxygen atoms in total. The van der Waals surface area contributed by atoms with Crippen LogP contribution in [0.2, 0.25) is 0 Å². The summed E-state index contributed by atoms with van der Waals surface area (Å²) in [5.41, 5.74) is 2.33. The van der Waals surface area contributed by atoms with Crippen LogP contribution in [0, 0.1) is 5.92 Å². The number of hydrogen-bond acceptors (Lipinski definition) is 5. The molecule has 35 heavy (non-hydrogen) atoms. The smallest absolute Gasteiger partial charge is 0.307 e. The van der Waals surface area contributed by atoms with E-state index in [4.69, 9.17) is 4.74 Å². The molecule has 1 unspecified atom stereocenters. The van der Waals surface area contributed by atoms with Crippen LogP contribution in [-0.2, 0) is 14.3 Å². The summed E-state index contributed by atoms with van der Waals surface area (Å²) in [5, 5.41) is 2.72. The number of thiophene rings is 1. The van der Waals surface area contributed by atoms with Crippen molar-refractivity contribution < 1.29 is 19.1 Å². The van der Waals surface area contributed by atoms with E-state index in [1.54, 1.807) is 12.3 Å². The van der Waals surface area contributed by atoms with Crippen LogP contribution in [0.15, 0.2) is 47.8 Å². The highest BCUT2D eigenvalue weighted by Gasteiger charge is 2.15. The lowest BCUT2D eigenvalue weighted by atomic mass is 10.1. The molecule has 0 aromatic carbocycles. The molecule has 0 spiro atoms. The molecule has 1 atom stereocenters. The molecular formula is C29H51NO4S. The van der Waals surface area contributed by atoms with Gasteiger partial charge in [-0.05, 0) is 62.5 Å². The Morgan fingerprint density at radius 1 is 1.03 bits per heavy atom. The lowest BCUT2D eigenvalue weighted by Gasteiger charge is -2.12. The predicted molar refractivity (Wildman–Crippen MR) is 153 cm³/mol. The second-order valence-electron chi connectivity index (χ2n) is 7.72. The molecule has 1 aromatic heterocycles. The predicted octanol–water partition coefficient (Wildman–Crippen LogP) is 8.65. The summed E-state index contributed by atoms with van der Waals surface area (Å²) in [6, 6.07) is 3.69. The van der Waals surface area contributed by atoms with Crippen molar-refractivity contribution in [3.05, 3.63) is 57.5 Å². The Bertz CT molecular complexity index is 758. The fourth-order valence-corrected chi connectivity index (χ4v) is 3.27. The number of methoxy groups -OCH3 is 1. The van der Waals surface area contributed by atoms with Crippen molar-refractivity contribution in [3.8, 4) is 0 Å². The van der Waals surface area contributed by atoms with Gasteiger partial charge in [-0.3, -0.25) is 9.59 Å². The molecule has 1 amide bonds. The van der Waals surface area contributed by atoms with Crippen molar-refractivity contribution in [2.24, 2.45) is 5.92 Å². The van der Waals surface area contributed by atoms with Crippen molar-refractivity contribution in [2.75, 3.05) is 13.7 Å². The largest absolute Gasteiger partial charge is 0.493 e.